The van der Waals surface area contributed by atoms with Crippen LogP contribution < -0.4 is 0 Å². The molecule has 2 rings (SSSR count). The quantitative estimate of drug-likeness (QED) is 0.861. The second kappa shape index (κ2) is 4.49. The number of aromatic carboxylic acids is 1. The van der Waals surface area contributed by atoms with Gasteiger partial charge in [-0.15, -0.1) is 0 Å². The van der Waals surface area contributed by atoms with Crippen LogP contribution in [0.3, 0.4) is 0 Å². The average Bonchev–Trinajstić information content (AvgIpc) is 2.77. The molecule has 0 aliphatic carbocycles. The van der Waals surface area contributed by atoms with Crippen LogP contribution in [0.15, 0.2) is 36.7 Å². The second-order valence-electron chi connectivity index (χ2n) is 3.48. The van der Waals surface area contributed by atoms with Crippen LogP contribution in [0.4, 0.5) is 0 Å². The number of pyridine rings is 1. The van der Waals surface area contributed by atoms with E-state index in [2.05, 4.69) is 11.1 Å². The Labute approximate surface area is 97.6 Å². The standard InChI is InChI=1S/C12H9N3O2/c13-6-11-2-1-5-15(11)8-10-4-3-9(7-14-10)12(16)17/h1-5,7H,8H2,(H,16,17). The highest BCUT2D eigenvalue weighted by Crippen LogP contribution is 2.06. The van der Waals surface area contributed by atoms with Crippen LogP contribution in [0.25, 0.3) is 0 Å². The highest BCUT2D eigenvalue weighted by Gasteiger charge is 2.04. The third-order valence-electron chi connectivity index (χ3n) is 2.35. The van der Waals surface area contributed by atoms with E-state index < -0.39 is 5.97 Å². The summed E-state index contributed by atoms with van der Waals surface area (Å²) in [5.41, 5.74) is 1.42. The van der Waals surface area contributed by atoms with Crippen LogP contribution in [-0.2, 0) is 6.54 Å². The fourth-order valence-electron chi connectivity index (χ4n) is 1.47. The predicted octanol–water partition coefficient (Wildman–Crippen LogP) is 1.50. The number of hydrogen-bond acceptors (Lipinski definition) is 3. The summed E-state index contributed by atoms with van der Waals surface area (Å²) in [4.78, 5) is 14.7. The zero-order valence-corrected chi connectivity index (χ0v) is 8.87. The molecule has 5 heteroatoms. The number of nitriles is 1. The van der Waals surface area contributed by atoms with E-state index in [9.17, 15) is 4.79 Å². The lowest BCUT2D eigenvalue weighted by Gasteiger charge is -2.04. The number of aromatic nitrogens is 2. The average molecular weight is 227 g/mol. The molecule has 0 aliphatic rings. The van der Waals surface area contributed by atoms with Crippen molar-refractivity contribution in [3.8, 4) is 6.07 Å². The first-order valence-corrected chi connectivity index (χ1v) is 4.94. The molecule has 0 unspecified atom stereocenters. The van der Waals surface area contributed by atoms with E-state index in [1.165, 1.54) is 12.3 Å². The van der Waals surface area contributed by atoms with E-state index >= 15 is 0 Å². The minimum absolute atomic E-state index is 0.154. The number of nitrogens with zero attached hydrogens (tertiary/aromatic N) is 3. The van der Waals surface area contributed by atoms with Crippen LogP contribution in [0.1, 0.15) is 21.7 Å². The van der Waals surface area contributed by atoms with Gasteiger partial charge < -0.3 is 9.67 Å². The summed E-state index contributed by atoms with van der Waals surface area (Å²) in [7, 11) is 0. The maximum Gasteiger partial charge on any atom is 0.337 e. The third kappa shape index (κ3) is 2.32. The predicted molar refractivity (Wildman–Crippen MR) is 59.4 cm³/mol. The molecule has 84 valence electrons. The van der Waals surface area contributed by atoms with E-state index in [4.69, 9.17) is 10.4 Å². The fourth-order valence-corrected chi connectivity index (χ4v) is 1.47. The Kier molecular flexibility index (Phi) is 2.88. The highest BCUT2D eigenvalue weighted by atomic mass is 16.4. The van der Waals surface area contributed by atoms with Gasteiger partial charge >= 0.3 is 5.97 Å². The number of rotatable bonds is 3. The van der Waals surface area contributed by atoms with Crippen molar-refractivity contribution >= 4 is 5.97 Å². The molecular formula is C12H9N3O2. The molecule has 2 aromatic heterocycles. The van der Waals surface area contributed by atoms with Gasteiger partial charge in [-0.3, -0.25) is 4.98 Å². The molecule has 0 saturated heterocycles. The topological polar surface area (TPSA) is 78.9 Å². The lowest BCUT2D eigenvalue weighted by Crippen LogP contribution is -2.04. The van der Waals surface area contributed by atoms with Crippen LogP contribution in [0.2, 0.25) is 0 Å². The van der Waals surface area contributed by atoms with E-state index in [0.717, 1.165) is 0 Å². The van der Waals surface area contributed by atoms with Gasteiger partial charge in [0.05, 0.1) is 17.8 Å². The van der Waals surface area contributed by atoms with Crippen molar-refractivity contribution in [1.29, 1.82) is 5.26 Å². The molecule has 0 spiro atoms. The molecule has 1 N–H and O–H groups in total. The molecule has 0 bridgehead atoms. The summed E-state index contributed by atoms with van der Waals surface area (Å²) in [6, 6.07) is 8.71. The minimum Gasteiger partial charge on any atom is -0.478 e. The van der Waals surface area contributed by atoms with Crippen LogP contribution in [0, 0.1) is 11.3 Å². The van der Waals surface area contributed by atoms with Crippen molar-refractivity contribution in [3.05, 3.63) is 53.6 Å². The molecule has 0 atom stereocenters. The number of carboxylic acids is 1. The van der Waals surface area contributed by atoms with Gasteiger partial charge in [-0.05, 0) is 24.3 Å². The van der Waals surface area contributed by atoms with Gasteiger partial charge in [-0.1, -0.05) is 0 Å². The van der Waals surface area contributed by atoms with Crippen LogP contribution >= 0.6 is 0 Å². The lowest BCUT2D eigenvalue weighted by atomic mass is 10.2. The van der Waals surface area contributed by atoms with Gasteiger partial charge in [0.15, 0.2) is 0 Å². The SMILES string of the molecule is N#Cc1cccn1Cc1ccc(C(=O)O)cn1. The summed E-state index contributed by atoms with van der Waals surface area (Å²) in [5.74, 6) is -0.997. The Morgan fingerprint density at radius 3 is 2.88 bits per heavy atom. The molecule has 5 nitrogen and oxygen atoms in total. The van der Waals surface area contributed by atoms with E-state index in [-0.39, 0.29) is 5.56 Å². The van der Waals surface area contributed by atoms with Crippen molar-refractivity contribution in [2.75, 3.05) is 0 Å². The molecular weight excluding hydrogens is 218 g/mol. The minimum atomic E-state index is -0.997. The maximum atomic E-state index is 10.6. The Morgan fingerprint density at radius 2 is 2.29 bits per heavy atom. The normalized spacial score (nSPS) is 9.82. The van der Waals surface area contributed by atoms with E-state index in [1.807, 2.05) is 0 Å². The Hall–Kier alpha value is -2.61. The van der Waals surface area contributed by atoms with E-state index in [1.54, 1.807) is 29.0 Å². The molecule has 2 aromatic rings. The fraction of sp³-hybridized carbons (Fsp3) is 0.0833. The summed E-state index contributed by atoms with van der Waals surface area (Å²) in [5, 5.41) is 17.6. The molecule has 0 saturated carbocycles. The third-order valence-corrected chi connectivity index (χ3v) is 2.35. The van der Waals surface area contributed by atoms with Gasteiger partial charge in [-0.25, -0.2) is 4.79 Å². The molecule has 0 fully saturated rings. The van der Waals surface area contributed by atoms with E-state index in [0.29, 0.717) is 17.9 Å². The van der Waals surface area contributed by atoms with Crippen molar-refractivity contribution in [1.82, 2.24) is 9.55 Å². The van der Waals surface area contributed by atoms with Crippen LogP contribution in [-0.4, -0.2) is 20.6 Å². The summed E-state index contributed by atoms with van der Waals surface area (Å²) >= 11 is 0. The number of carbonyl (C=O) groups is 1. The Balaban J connectivity index is 2.20. The first-order valence-electron chi connectivity index (χ1n) is 4.94. The summed E-state index contributed by atoms with van der Waals surface area (Å²) < 4.78 is 1.75. The molecule has 0 aromatic carbocycles. The highest BCUT2D eigenvalue weighted by molar-refractivity contribution is 5.87. The van der Waals surface area contributed by atoms with Gasteiger partial charge in [0.25, 0.3) is 0 Å². The molecule has 2 heterocycles. The first kappa shape index (κ1) is 10.9. The summed E-state index contributed by atoms with van der Waals surface area (Å²) in [6.07, 6.45) is 3.10. The van der Waals surface area contributed by atoms with Gasteiger partial charge in [0.2, 0.25) is 0 Å². The van der Waals surface area contributed by atoms with Crippen molar-refractivity contribution in [3.63, 3.8) is 0 Å². The largest absolute Gasteiger partial charge is 0.478 e. The molecule has 0 aliphatic heterocycles. The van der Waals surface area contributed by atoms with Crippen molar-refractivity contribution < 1.29 is 9.90 Å². The Morgan fingerprint density at radius 1 is 1.47 bits per heavy atom. The number of carboxylic acid groups (broad SMARTS) is 1. The van der Waals surface area contributed by atoms with Gasteiger partial charge in [0.1, 0.15) is 11.8 Å². The van der Waals surface area contributed by atoms with Crippen molar-refractivity contribution in [2.45, 2.75) is 6.54 Å². The zero-order chi connectivity index (χ0) is 12.3. The first-order chi connectivity index (χ1) is 8.20. The maximum absolute atomic E-state index is 10.6. The zero-order valence-electron chi connectivity index (χ0n) is 8.87. The second-order valence-corrected chi connectivity index (χ2v) is 3.48. The van der Waals surface area contributed by atoms with Crippen LogP contribution in [0.5, 0.6) is 0 Å². The monoisotopic (exact) mass is 227 g/mol. The number of hydrogen-bond donors (Lipinski definition) is 1. The van der Waals surface area contributed by atoms with Crippen molar-refractivity contribution in [2.24, 2.45) is 0 Å². The summed E-state index contributed by atoms with van der Waals surface area (Å²) in [6.45, 7) is 0.454. The molecule has 0 amide bonds. The Bertz CT molecular complexity index is 579. The lowest BCUT2D eigenvalue weighted by molar-refractivity contribution is 0.0696. The smallest absolute Gasteiger partial charge is 0.337 e. The van der Waals surface area contributed by atoms with Gasteiger partial charge in [0, 0.05) is 12.4 Å². The molecule has 0 radical (unpaired) electrons. The molecule has 17 heavy (non-hydrogen) atoms. The van der Waals surface area contributed by atoms with Gasteiger partial charge in [-0.2, -0.15) is 5.26 Å².